The van der Waals surface area contributed by atoms with Gasteiger partial charge in [-0.15, -0.1) is 0 Å². The molecule has 1 heterocycles. The summed E-state index contributed by atoms with van der Waals surface area (Å²) in [6.45, 7) is 5.93. The molecule has 0 unspecified atom stereocenters. The number of nitrogens with one attached hydrogen (secondary N) is 1. The highest BCUT2D eigenvalue weighted by atomic mass is 35.5. The average Bonchev–Trinajstić information content (AvgIpc) is 2.68. The van der Waals surface area contributed by atoms with Crippen LogP contribution < -0.4 is 10.2 Å². The number of piperazine rings is 1. The molecule has 2 aromatic carbocycles. The molecular formula is C21H26ClN3O. The minimum atomic E-state index is 0.0422. The standard InChI is InChI=1S/C21H26ClN3O/c1-17-9-10-19(22)16-20(17)24-12-14-25(15-13-24)21(26)23-11-5-8-18-6-3-2-4-7-18/h2-4,6-7,9-10,16H,5,8,11-15H2,1H3,(H,23,26). The Morgan fingerprint density at radius 2 is 1.81 bits per heavy atom. The first-order valence-electron chi connectivity index (χ1n) is 9.21. The van der Waals surface area contributed by atoms with E-state index in [0.717, 1.165) is 44.0 Å². The number of benzene rings is 2. The number of urea groups is 1. The number of anilines is 1. The first kappa shape index (κ1) is 18.6. The number of carbonyl (C=O) groups is 1. The van der Waals surface area contributed by atoms with E-state index in [-0.39, 0.29) is 6.03 Å². The normalized spacial score (nSPS) is 14.4. The molecule has 0 bridgehead atoms. The predicted octanol–water partition coefficient (Wildman–Crippen LogP) is 4.11. The van der Waals surface area contributed by atoms with Crippen LogP contribution in [-0.4, -0.2) is 43.7 Å². The smallest absolute Gasteiger partial charge is 0.317 e. The van der Waals surface area contributed by atoms with Gasteiger partial charge in [0, 0.05) is 43.4 Å². The van der Waals surface area contributed by atoms with Crippen LogP contribution in [0.15, 0.2) is 48.5 Å². The van der Waals surface area contributed by atoms with Crippen molar-refractivity contribution < 1.29 is 4.79 Å². The molecule has 0 aliphatic carbocycles. The molecule has 1 N–H and O–H groups in total. The summed E-state index contributed by atoms with van der Waals surface area (Å²) in [4.78, 5) is 16.6. The van der Waals surface area contributed by atoms with Crippen molar-refractivity contribution in [1.29, 1.82) is 0 Å². The van der Waals surface area contributed by atoms with Gasteiger partial charge in [0.2, 0.25) is 0 Å². The largest absolute Gasteiger partial charge is 0.368 e. The van der Waals surface area contributed by atoms with Crippen LogP contribution in [0.3, 0.4) is 0 Å². The van der Waals surface area contributed by atoms with E-state index in [4.69, 9.17) is 11.6 Å². The molecule has 2 aromatic rings. The lowest BCUT2D eigenvalue weighted by molar-refractivity contribution is 0.194. The van der Waals surface area contributed by atoms with Gasteiger partial charge < -0.3 is 15.1 Å². The van der Waals surface area contributed by atoms with Crippen LogP contribution in [0.5, 0.6) is 0 Å². The first-order chi connectivity index (χ1) is 12.6. The molecule has 3 rings (SSSR count). The molecule has 26 heavy (non-hydrogen) atoms. The third kappa shape index (κ3) is 4.92. The molecule has 5 heteroatoms. The summed E-state index contributed by atoms with van der Waals surface area (Å²) in [6.07, 6.45) is 1.94. The Balaban J connectivity index is 1.41. The van der Waals surface area contributed by atoms with E-state index in [2.05, 4.69) is 41.4 Å². The number of nitrogens with zero attached hydrogens (tertiary/aromatic N) is 2. The van der Waals surface area contributed by atoms with E-state index in [0.29, 0.717) is 6.54 Å². The van der Waals surface area contributed by atoms with Crippen molar-refractivity contribution in [2.45, 2.75) is 19.8 Å². The number of rotatable bonds is 5. The monoisotopic (exact) mass is 371 g/mol. The maximum atomic E-state index is 12.3. The van der Waals surface area contributed by atoms with Crippen molar-refractivity contribution in [3.8, 4) is 0 Å². The third-order valence-corrected chi connectivity index (χ3v) is 5.08. The van der Waals surface area contributed by atoms with E-state index in [1.807, 2.05) is 29.2 Å². The molecule has 138 valence electrons. The van der Waals surface area contributed by atoms with Gasteiger partial charge in [0.25, 0.3) is 0 Å². The molecule has 2 amide bonds. The van der Waals surface area contributed by atoms with E-state index in [1.165, 1.54) is 16.8 Å². The summed E-state index contributed by atoms with van der Waals surface area (Å²) in [5, 5.41) is 3.80. The van der Waals surface area contributed by atoms with Crippen LogP contribution in [0.4, 0.5) is 10.5 Å². The zero-order valence-electron chi connectivity index (χ0n) is 15.2. The van der Waals surface area contributed by atoms with Crippen molar-refractivity contribution in [2.75, 3.05) is 37.6 Å². The maximum Gasteiger partial charge on any atom is 0.317 e. The maximum absolute atomic E-state index is 12.3. The molecule has 0 atom stereocenters. The Labute approximate surface area is 160 Å². The second-order valence-corrected chi connectivity index (χ2v) is 7.16. The highest BCUT2D eigenvalue weighted by Gasteiger charge is 2.21. The van der Waals surface area contributed by atoms with Crippen LogP contribution >= 0.6 is 11.6 Å². The van der Waals surface area contributed by atoms with Crippen LogP contribution in [0.2, 0.25) is 5.02 Å². The van der Waals surface area contributed by atoms with Gasteiger partial charge >= 0.3 is 6.03 Å². The topological polar surface area (TPSA) is 35.6 Å². The van der Waals surface area contributed by atoms with Crippen LogP contribution in [0.25, 0.3) is 0 Å². The predicted molar refractivity (Wildman–Crippen MR) is 108 cm³/mol. The van der Waals surface area contributed by atoms with Crippen molar-refractivity contribution in [2.24, 2.45) is 0 Å². The Hall–Kier alpha value is -2.20. The van der Waals surface area contributed by atoms with Crippen molar-refractivity contribution in [1.82, 2.24) is 10.2 Å². The third-order valence-electron chi connectivity index (χ3n) is 4.84. The number of aryl methyl sites for hydroxylation is 2. The molecule has 1 fully saturated rings. The molecule has 1 aliphatic heterocycles. The van der Waals surface area contributed by atoms with Gasteiger partial charge in [-0.2, -0.15) is 0 Å². The molecule has 0 radical (unpaired) electrons. The fourth-order valence-corrected chi connectivity index (χ4v) is 3.48. The van der Waals surface area contributed by atoms with Gasteiger partial charge in [-0.3, -0.25) is 0 Å². The summed E-state index contributed by atoms with van der Waals surface area (Å²) in [5.41, 5.74) is 3.70. The summed E-state index contributed by atoms with van der Waals surface area (Å²) < 4.78 is 0. The fraction of sp³-hybridized carbons (Fsp3) is 0.381. The van der Waals surface area contributed by atoms with Gasteiger partial charge in [-0.25, -0.2) is 4.79 Å². The van der Waals surface area contributed by atoms with E-state index in [9.17, 15) is 4.79 Å². The zero-order chi connectivity index (χ0) is 18.4. The Morgan fingerprint density at radius 1 is 1.08 bits per heavy atom. The number of hydrogen-bond acceptors (Lipinski definition) is 2. The van der Waals surface area contributed by atoms with Crippen LogP contribution in [0, 0.1) is 6.92 Å². The second-order valence-electron chi connectivity index (χ2n) is 6.73. The fourth-order valence-electron chi connectivity index (χ4n) is 3.32. The SMILES string of the molecule is Cc1ccc(Cl)cc1N1CCN(C(=O)NCCCc2ccccc2)CC1. The van der Waals surface area contributed by atoms with Gasteiger partial charge in [0.1, 0.15) is 0 Å². The highest BCUT2D eigenvalue weighted by molar-refractivity contribution is 6.30. The minimum absolute atomic E-state index is 0.0422. The van der Waals surface area contributed by atoms with E-state index in [1.54, 1.807) is 0 Å². The molecule has 0 spiro atoms. The quantitative estimate of drug-likeness (QED) is 0.803. The lowest BCUT2D eigenvalue weighted by Gasteiger charge is -2.36. The summed E-state index contributed by atoms with van der Waals surface area (Å²) in [6, 6.07) is 16.4. The number of carbonyl (C=O) groups excluding carboxylic acids is 1. The Kier molecular flexibility index (Phi) is 6.40. The molecule has 4 nitrogen and oxygen atoms in total. The van der Waals surface area contributed by atoms with Gasteiger partial charge in [0.15, 0.2) is 0 Å². The summed E-state index contributed by atoms with van der Waals surface area (Å²) in [5.74, 6) is 0. The lowest BCUT2D eigenvalue weighted by Crippen LogP contribution is -2.52. The zero-order valence-corrected chi connectivity index (χ0v) is 16.0. The van der Waals surface area contributed by atoms with Crippen LogP contribution in [0.1, 0.15) is 17.5 Å². The number of amides is 2. The Bertz CT molecular complexity index is 727. The van der Waals surface area contributed by atoms with Gasteiger partial charge in [-0.1, -0.05) is 48.0 Å². The van der Waals surface area contributed by atoms with Crippen molar-refractivity contribution in [3.63, 3.8) is 0 Å². The summed E-state index contributed by atoms with van der Waals surface area (Å²) >= 11 is 6.13. The minimum Gasteiger partial charge on any atom is -0.368 e. The molecule has 1 aliphatic rings. The average molecular weight is 372 g/mol. The molecule has 0 saturated carbocycles. The summed E-state index contributed by atoms with van der Waals surface area (Å²) in [7, 11) is 0. The van der Waals surface area contributed by atoms with Gasteiger partial charge in [-0.05, 0) is 43.0 Å². The van der Waals surface area contributed by atoms with Crippen molar-refractivity contribution in [3.05, 3.63) is 64.7 Å². The highest BCUT2D eigenvalue weighted by Crippen LogP contribution is 2.25. The van der Waals surface area contributed by atoms with E-state index >= 15 is 0 Å². The molecule has 1 saturated heterocycles. The number of hydrogen-bond donors (Lipinski definition) is 1. The first-order valence-corrected chi connectivity index (χ1v) is 9.59. The lowest BCUT2D eigenvalue weighted by atomic mass is 10.1. The second kappa shape index (κ2) is 8.95. The number of halogens is 1. The van der Waals surface area contributed by atoms with Crippen molar-refractivity contribution >= 4 is 23.3 Å². The van der Waals surface area contributed by atoms with E-state index < -0.39 is 0 Å². The van der Waals surface area contributed by atoms with Crippen LogP contribution in [-0.2, 0) is 6.42 Å². The molecular weight excluding hydrogens is 346 g/mol. The Morgan fingerprint density at radius 3 is 2.54 bits per heavy atom. The molecule has 0 aromatic heterocycles. The van der Waals surface area contributed by atoms with Gasteiger partial charge in [0.05, 0.1) is 0 Å².